The fourth-order valence-corrected chi connectivity index (χ4v) is 5.97. The van der Waals surface area contributed by atoms with E-state index in [-0.39, 0.29) is 17.0 Å². The quantitative estimate of drug-likeness (QED) is 0.441. The first kappa shape index (κ1) is 25.3. The molecule has 1 aliphatic heterocycles. The number of ether oxygens (including phenoxy) is 1. The van der Waals surface area contributed by atoms with E-state index in [0.717, 1.165) is 25.2 Å². The molecule has 0 bridgehead atoms. The molecule has 0 aliphatic carbocycles. The maximum atomic E-state index is 13.4. The van der Waals surface area contributed by atoms with Gasteiger partial charge >= 0.3 is 0 Å². The summed E-state index contributed by atoms with van der Waals surface area (Å²) in [7, 11) is -3.66. The van der Waals surface area contributed by atoms with E-state index in [2.05, 4.69) is 28.8 Å². The molecule has 190 valence electrons. The fourth-order valence-electron chi connectivity index (χ4n) is 4.50. The van der Waals surface area contributed by atoms with Gasteiger partial charge in [0.1, 0.15) is 17.9 Å². The number of hydrogen-bond acceptors (Lipinski definition) is 7. The third-order valence-electron chi connectivity index (χ3n) is 6.43. The topological polar surface area (TPSA) is 102 Å². The lowest BCUT2D eigenvalue weighted by molar-refractivity contribution is 0.196. The molecule has 1 aliphatic rings. The van der Waals surface area contributed by atoms with Crippen molar-refractivity contribution in [3.8, 4) is 5.75 Å². The summed E-state index contributed by atoms with van der Waals surface area (Å²) < 4.78 is 37.2. The van der Waals surface area contributed by atoms with Gasteiger partial charge in [-0.05, 0) is 45.0 Å². The predicted octanol–water partition coefficient (Wildman–Crippen LogP) is 1.93. The van der Waals surface area contributed by atoms with Crippen LogP contribution in [0.4, 0.5) is 0 Å². The zero-order chi connectivity index (χ0) is 25.2. The number of aromatic nitrogens is 4. The molecule has 0 N–H and O–H groups in total. The number of likely N-dealkylation sites (N-methyl/N-ethyl adjacent to an activating group) is 1. The van der Waals surface area contributed by atoms with Crippen molar-refractivity contribution in [2.45, 2.75) is 52.0 Å². The van der Waals surface area contributed by atoms with Crippen molar-refractivity contribution < 1.29 is 13.2 Å². The Balaban J connectivity index is 1.70. The number of imidazole rings is 1. The van der Waals surface area contributed by atoms with E-state index in [4.69, 9.17) is 4.74 Å². The average Bonchev–Trinajstić information content (AvgIpc) is 3.17. The molecular weight excluding hydrogens is 468 g/mol. The molecule has 0 spiro atoms. The second kappa shape index (κ2) is 10.5. The van der Waals surface area contributed by atoms with Crippen LogP contribution in [0.2, 0.25) is 0 Å². The van der Waals surface area contributed by atoms with Crippen LogP contribution in [0.5, 0.6) is 5.75 Å². The molecule has 1 aromatic carbocycles. The van der Waals surface area contributed by atoms with Crippen LogP contribution >= 0.6 is 0 Å². The SMILES string of the molecule is CCCc1nc(C)c2c(=O)n(Cc3cc(S(=O)(=O)N4CCN(CC)CC4)ccc3OCC)cnn12. The zero-order valence-electron chi connectivity index (χ0n) is 20.9. The highest BCUT2D eigenvalue weighted by Gasteiger charge is 2.29. The van der Waals surface area contributed by atoms with Crippen LogP contribution in [-0.4, -0.2) is 76.1 Å². The van der Waals surface area contributed by atoms with Gasteiger partial charge < -0.3 is 9.64 Å². The minimum Gasteiger partial charge on any atom is -0.494 e. The summed E-state index contributed by atoms with van der Waals surface area (Å²) in [5.74, 6) is 1.31. The van der Waals surface area contributed by atoms with E-state index in [1.54, 1.807) is 29.6 Å². The van der Waals surface area contributed by atoms with Crippen LogP contribution in [0.25, 0.3) is 5.52 Å². The van der Waals surface area contributed by atoms with Crippen LogP contribution in [0.1, 0.15) is 44.3 Å². The van der Waals surface area contributed by atoms with Crippen molar-refractivity contribution in [2.24, 2.45) is 0 Å². The molecule has 1 saturated heterocycles. The highest BCUT2D eigenvalue weighted by Crippen LogP contribution is 2.26. The standard InChI is InChI=1S/C24H34N6O4S/c1-5-8-22-26-18(4)23-24(31)28(17-25-30(22)23)16-19-15-20(9-10-21(19)34-7-3)35(32,33)29-13-11-27(6-2)12-14-29/h9-10,15,17H,5-8,11-14,16H2,1-4H3. The van der Waals surface area contributed by atoms with Gasteiger partial charge in [0.15, 0.2) is 5.52 Å². The van der Waals surface area contributed by atoms with E-state index in [0.29, 0.717) is 55.3 Å². The summed E-state index contributed by atoms with van der Waals surface area (Å²) in [6, 6.07) is 4.88. The minimum absolute atomic E-state index is 0.137. The van der Waals surface area contributed by atoms with E-state index in [1.807, 2.05) is 6.92 Å². The number of sulfonamides is 1. The van der Waals surface area contributed by atoms with Crippen molar-refractivity contribution in [3.05, 3.63) is 52.0 Å². The van der Waals surface area contributed by atoms with Gasteiger partial charge in [-0.25, -0.2) is 17.9 Å². The summed E-state index contributed by atoms with van der Waals surface area (Å²) in [6.45, 7) is 11.6. The van der Waals surface area contributed by atoms with Gasteiger partial charge in [0.25, 0.3) is 5.56 Å². The number of hydrogen-bond donors (Lipinski definition) is 0. The maximum absolute atomic E-state index is 13.4. The third kappa shape index (κ3) is 4.98. The highest BCUT2D eigenvalue weighted by atomic mass is 32.2. The second-order valence-electron chi connectivity index (χ2n) is 8.73. The molecule has 3 heterocycles. The van der Waals surface area contributed by atoms with Gasteiger partial charge in [-0.2, -0.15) is 9.40 Å². The number of aryl methyl sites for hydroxylation is 2. The van der Waals surface area contributed by atoms with Crippen LogP contribution in [-0.2, 0) is 23.0 Å². The maximum Gasteiger partial charge on any atom is 0.279 e. The molecule has 0 saturated carbocycles. The van der Waals surface area contributed by atoms with E-state index in [9.17, 15) is 13.2 Å². The Hall–Kier alpha value is -2.76. The van der Waals surface area contributed by atoms with Crippen molar-refractivity contribution in [1.29, 1.82) is 0 Å². The van der Waals surface area contributed by atoms with Crippen LogP contribution in [0.3, 0.4) is 0 Å². The minimum atomic E-state index is -3.66. The first-order chi connectivity index (χ1) is 16.8. The van der Waals surface area contributed by atoms with Gasteiger partial charge in [0.2, 0.25) is 10.0 Å². The van der Waals surface area contributed by atoms with Gasteiger partial charge in [0, 0.05) is 38.2 Å². The third-order valence-corrected chi connectivity index (χ3v) is 8.32. The van der Waals surface area contributed by atoms with E-state index >= 15 is 0 Å². The van der Waals surface area contributed by atoms with Crippen LogP contribution < -0.4 is 10.3 Å². The molecule has 0 unspecified atom stereocenters. The number of rotatable bonds is 9. The monoisotopic (exact) mass is 502 g/mol. The van der Waals surface area contributed by atoms with Gasteiger partial charge in [-0.3, -0.25) is 9.36 Å². The van der Waals surface area contributed by atoms with Gasteiger partial charge in [-0.1, -0.05) is 13.8 Å². The van der Waals surface area contributed by atoms with Gasteiger partial charge in [-0.15, -0.1) is 0 Å². The van der Waals surface area contributed by atoms with E-state index in [1.165, 1.54) is 15.2 Å². The summed E-state index contributed by atoms with van der Waals surface area (Å²) >= 11 is 0. The largest absolute Gasteiger partial charge is 0.494 e. The molecule has 2 aromatic heterocycles. The Morgan fingerprint density at radius 3 is 2.49 bits per heavy atom. The lowest BCUT2D eigenvalue weighted by atomic mass is 10.2. The summed E-state index contributed by atoms with van der Waals surface area (Å²) in [6.07, 6.45) is 3.11. The Morgan fingerprint density at radius 1 is 1.09 bits per heavy atom. The normalized spacial score (nSPS) is 15.7. The lowest BCUT2D eigenvalue weighted by Crippen LogP contribution is -2.48. The molecule has 3 aromatic rings. The average molecular weight is 503 g/mol. The molecule has 35 heavy (non-hydrogen) atoms. The number of fused-ring (bicyclic) bond motifs is 1. The molecule has 11 heteroatoms. The van der Waals surface area contributed by atoms with E-state index < -0.39 is 10.0 Å². The predicted molar refractivity (Wildman–Crippen MR) is 134 cm³/mol. The Bertz CT molecular complexity index is 1360. The summed E-state index contributed by atoms with van der Waals surface area (Å²) in [4.78, 5) is 20.3. The molecule has 0 atom stereocenters. The Morgan fingerprint density at radius 2 is 1.83 bits per heavy atom. The molecular formula is C24H34N6O4S. The lowest BCUT2D eigenvalue weighted by Gasteiger charge is -2.33. The number of piperazine rings is 1. The first-order valence-corrected chi connectivity index (χ1v) is 13.7. The van der Waals surface area contributed by atoms with Crippen LogP contribution in [0, 0.1) is 6.92 Å². The Labute approximate surface area is 206 Å². The van der Waals surface area contributed by atoms with Crippen molar-refractivity contribution in [2.75, 3.05) is 39.3 Å². The fraction of sp³-hybridized carbons (Fsp3) is 0.542. The molecule has 4 rings (SSSR count). The number of nitrogens with zero attached hydrogens (tertiary/aromatic N) is 6. The molecule has 10 nitrogen and oxygen atoms in total. The Kier molecular flexibility index (Phi) is 7.58. The van der Waals surface area contributed by atoms with Crippen LogP contribution in [0.15, 0.2) is 34.2 Å². The highest BCUT2D eigenvalue weighted by molar-refractivity contribution is 7.89. The first-order valence-electron chi connectivity index (χ1n) is 12.2. The second-order valence-corrected chi connectivity index (χ2v) is 10.7. The number of benzene rings is 1. The van der Waals surface area contributed by atoms with Crippen molar-refractivity contribution in [3.63, 3.8) is 0 Å². The van der Waals surface area contributed by atoms with Crippen molar-refractivity contribution in [1.82, 2.24) is 28.4 Å². The van der Waals surface area contributed by atoms with Crippen molar-refractivity contribution >= 4 is 15.5 Å². The summed E-state index contributed by atoms with van der Waals surface area (Å²) in [5, 5.41) is 4.46. The zero-order valence-corrected chi connectivity index (χ0v) is 21.7. The summed E-state index contributed by atoms with van der Waals surface area (Å²) in [5.41, 5.74) is 1.46. The molecule has 0 amide bonds. The van der Waals surface area contributed by atoms with Gasteiger partial charge in [0.05, 0.1) is 23.7 Å². The molecule has 0 radical (unpaired) electrons. The molecule has 1 fully saturated rings. The smallest absolute Gasteiger partial charge is 0.279 e.